The summed E-state index contributed by atoms with van der Waals surface area (Å²) >= 11 is 3.55. The van der Waals surface area contributed by atoms with E-state index < -0.39 is 0 Å². The molecule has 0 amide bonds. The van der Waals surface area contributed by atoms with Crippen molar-refractivity contribution in [3.05, 3.63) is 29.8 Å². The third-order valence-corrected chi connectivity index (χ3v) is 4.71. The normalized spacial score (nSPS) is 16.8. The number of carbonyl (C=O) groups excluding carboxylic acids is 1. The Morgan fingerprint density at radius 2 is 2.11 bits per heavy atom. The number of benzene rings is 1. The molecule has 0 aliphatic heterocycles. The Kier molecular flexibility index (Phi) is 4.27. The van der Waals surface area contributed by atoms with Crippen LogP contribution in [-0.2, 0) is 4.74 Å². The fraction of sp³-hybridized carbons (Fsp3) is 0.500. The molecule has 3 nitrogen and oxygen atoms in total. The van der Waals surface area contributed by atoms with Gasteiger partial charge < -0.3 is 9.47 Å². The van der Waals surface area contributed by atoms with Crippen LogP contribution in [0.4, 0.5) is 0 Å². The van der Waals surface area contributed by atoms with Gasteiger partial charge in [-0.05, 0) is 25.0 Å². The quantitative estimate of drug-likeness (QED) is 0.617. The maximum Gasteiger partial charge on any atom is 0.341 e. The van der Waals surface area contributed by atoms with E-state index in [0.717, 1.165) is 5.33 Å². The average Bonchev–Trinajstić information content (AvgIpc) is 2.37. The van der Waals surface area contributed by atoms with Crippen molar-refractivity contribution in [1.82, 2.24) is 0 Å². The van der Waals surface area contributed by atoms with Gasteiger partial charge in [-0.2, -0.15) is 0 Å². The minimum atomic E-state index is -0.355. The maximum absolute atomic E-state index is 11.6. The van der Waals surface area contributed by atoms with Gasteiger partial charge in [0.2, 0.25) is 0 Å². The molecule has 2 rings (SSSR count). The number of rotatable bonds is 5. The third-order valence-electron chi connectivity index (χ3n) is 3.52. The summed E-state index contributed by atoms with van der Waals surface area (Å²) < 4.78 is 10.6. The van der Waals surface area contributed by atoms with E-state index in [1.807, 2.05) is 18.2 Å². The Bertz CT molecular complexity index is 421. The van der Waals surface area contributed by atoms with E-state index in [1.165, 1.54) is 26.4 Å². The van der Waals surface area contributed by atoms with E-state index in [4.69, 9.17) is 9.47 Å². The molecule has 0 atom stereocenters. The summed E-state index contributed by atoms with van der Waals surface area (Å²) in [6.45, 7) is 0.645. The minimum absolute atomic E-state index is 0.239. The topological polar surface area (TPSA) is 35.5 Å². The van der Waals surface area contributed by atoms with Gasteiger partial charge >= 0.3 is 5.97 Å². The largest absolute Gasteiger partial charge is 0.492 e. The van der Waals surface area contributed by atoms with Crippen LogP contribution in [0.3, 0.4) is 0 Å². The summed E-state index contributed by atoms with van der Waals surface area (Å²) in [5.41, 5.74) is 0.729. The van der Waals surface area contributed by atoms with Gasteiger partial charge in [-0.1, -0.05) is 34.5 Å². The van der Waals surface area contributed by atoms with Gasteiger partial charge in [0.25, 0.3) is 0 Å². The number of ether oxygens (including phenoxy) is 2. The molecule has 1 aromatic rings. The van der Waals surface area contributed by atoms with Gasteiger partial charge in [-0.3, -0.25) is 0 Å². The van der Waals surface area contributed by atoms with Crippen LogP contribution in [0.1, 0.15) is 29.6 Å². The zero-order valence-corrected chi connectivity index (χ0v) is 12.0. The molecule has 0 aromatic heterocycles. The number of esters is 1. The van der Waals surface area contributed by atoms with Gasteiger partial charge in [0.1, 0.15) is 11.3 Å². The smallest absolute Gasteiger partial charge is 0.341 e. The molecular formula is C14H17BrO3. The average molecular weight is 313 g/mol. The molecule has 0 unspecified atom stereocenters. The molecule has 0 radical (unpaired) electrons. The first kappa shape index (κ1) is 13.4. The van der Waals surface area contributed by atoms with Crippen LogP contribution in [0.25, 0.3) is 0 Å². The van der Waals surface area contributed by atoms with E-state index in [0.29, 0.717) is 17.9 Å². The molecule has 1 saturated carbocycles. The molecule has 0 spiro atoms. The first-order valence-electron chi connectivity index (χ1n) is 6.07. The molecule has 0 saturated heterocycles. The van der Waals surface area contributed by atoms with Crippen molar-refractivity contribution in [1.29, 1.82) is 0 Å². The monoisotopic (exact) mass is 312 g/mol. The molecule has 1 fully saturated rings. The Labute approximate surface area is 116 Å². The number of hydrogen-bond acceptors (Lipinski definition) is 3. The van der Waals surface area contributed by atoms with Crippen molar-refractivity contribution in [2.45, 2.75) is 19.3 Å². The van der Waals surface area contributed by atoms with Gasteiger partial charge in [0.15, 0.2) is 0 Å². The van der Waals surface area contributed by atoms with Crippen molar-refractivity contribution in [2.24, 2.45) is 5.41 Å². The number of hydrogen-bond donors (Lipinski definition) is 0. The predicted octanol–water partition coefficient (Wildman–Crippen LogP) is 3.42. The van der Waals surface area contributed by atoms with E-state index in [9.17, 15) is 4.79 Å². The fourth-order valence-corrected chi connectivity index (χ4v) is 2.82. The highest BCUT2D eigenvalue weighted by Gasteiger charge is 2.37. The van der Waals surface area contributed by atoms with Crippen molar-refractivity contribution in [2.75, 3.05) is 19.0 Å². The molecule has 0 N–H and O–H groups in total. The van der Waals surface area contributed by atoms with Crippen LogP contribution in [-0.4, -0.2) is 25.0 Å². The lowest BCUT2D eigenvalue weighted by Gasteiger charge is -2.40. The molecule has 0 bridgehead atoms. The van der Waals surface area contributed by atoms with Crippen LogP contribution >= 0.6 is 15.9 Å². The number of methoxy groups -OCH3 is 1. The lowest BCUT2D eigenvalue weighted by atomic mass is 9.71. The molecule has 1 aliphatic carbocycles. The molecule has 1 aliphatic rings. The maximum atomic E-state index is 11.6. The number of carbonyl (C=O) groups is 1. The highest BCUT2D eigenvalue weighted by molar-refractivity contribution is 9.09. The van der Waals surface area contributed by atoms with Crippen LogP contribution in [0.15, 0.2) is 24.3 Å². The molecule has 1 aromatic carbocycles. The van der Waals surface area contributed by atoms with Gasteiger partial charge in [0, 0.05) is 10.7 Å². The summed E-state index contributed by atoms with van der Waals surface area (Å²) in [6, 6.07) is 7.21. The van der Waals surface area contributed by atoms with Gasteiger partial charge in [0.05, 0.1) is 13.7 Å². The predicted molar refractivity (Wildman–Crippen MR) is 73.4 cm³/mol. The highest BCUT2D eigenvalue weighted by Crippen LogP contribution is 2.42. The van der Waals surface area contributed by atoms with Gasteiger partial charge in [-0.25, -0.2) is 4.79 Å². The van der Waals surface area contributed by atoms with E-state index >= 15 is 0 Å². The summed E-state index contributed by atoms with van der Waals surface area (Å²) in [5.74, 6) is 0.253. The number of alkyl halides is 1. The van der Waals surface area contributed by atoms with E-state index in [2.05, 4.69) is 15.9 Å². The van der Waals surface area contributed by atoms with Gasteiger partial charge in [-0.15, -0.1) is 0 Å². The molecule has 0 heterocycles. The van der Waals surface area contributed by atoms with Crippen molar-refractivity contribution >= 4 is 21.9 Å². The highest BCUT2D eigenvalue weighted by atomic mass is 79.9. The second-order valence-corrected chi connectivity index (χ2v) is 5.32. The zero-order chi connectivity index (χ0) is 13.0. The van der Waals surface area contributed by atoms with Crippen molar-refractivity contribution < 1.29 is 14.3 Å². The Morgan fingerprint density at radius 1 is 1.39 bits per heavy atom. The van der Waals surface area contributed by atoms with Crippen LogP contribution in [0, 0.1) is 5.41 Å². The second-order valence-electron chi connectivity index (χ2n) is 4.76. The summed E-state index contributed by atoms with van der Waals surface area (Å²) in [6.07, 6.45) is 3.62. The van der Waals surface area contributed by atoms with Crippen molar-refractivity contribution in [3.8, 4) is 5.75 Å². The molecule has 4 heteroatoms. The number of halogens is 1. The first-order valence-corrected chi connectivity index (χ1v) is 7.19. The molecule has 98 valence electrons. The van der Waals surface area contributed by atoms with Crippen LogP contribution < -0.4 is 4.74 Å². The van der Waals surface area contributed by atoms with Crippen LogP contribution in [0.2, 0.25) is 0 Å². The fourth-order valence-electron chi connectivity index (χ4n) is 2.10. The molecule has 18 heavy (non-hydrogen) atoms. The van der Waals surface area contributed by atoms with Crippen molar-refractivity contribution in [3.63, 3.8) is 0 Å². The Hall–Kier alpha value is -1.03. The summed E-state index contributed by atoms with van der Waals surface area (Å²) in [5, 5.41) is 0.945. The second kappa shape index (κ2) is 5.74. The molecular weight excluding hydrogens is 296 g/mol. The third kappa shape index (κ3) is 2.69. The van der Waals surface area contributed by atoms with Crippen LogP contribution in [0.5, 0.6) is 5.75 Å². The number of para-hydroxylation sites is 1. The van der Waals surface area contributed by atoms with E-state index in [-0.39, 0.29) is 11.4 Å². The lowest BCUT2D eigenvalue weighted by Crippen LogP contribution is -2.37. The standard InChI is InChI=1S/C14H17BrO3/c1-17-13(16)11-5-2-3-6-12(11)18-10-14(9-15)7-4-8-14/h2-3,5-6H,4,7-10H2,1H3. The summed E-state index contributed by atoms with van der Waals surface area (Å²) in [7, 11) is 1.38. The summed E-state index contributed by atoms with van der Waals surface area (Å²) in [4.78, 5) is 11.6. The first-order chi connectivity index (χ1) is 8.71. The Morgan fingerprint density at radius 3 is 2.67 bits per heavy atom. The Balaban J connectivity index is 2.07. The lowest BCUT2D eigenvalue weighted by molar-refractivity contribution is 0.0579. The minimum Gasteiger partial charge on any atom is -0.492 e. The van der Waals surface area contributed by atoms with E-state index in [1.54, 1.807) is 6.07 Å². The zero-order valence-electron chi connectivity index (χ0n) is 10.4. The SMILES string of the molecule is COC(=O)c1ccccc1OCC1(CBr)CCC1.